The van der Waals surface area contributed by atoms with Gasteiger partial charge in [0, 0.05) is 35.4 Å². The Labute approximate surface area is 210 Å². The van der Waals surface area contributed by atoms with Crippen molar-refractivity contribution >= 4 is 5.91 Å². The number of hydrogen-bond donors (Lipinski definition) is 1. The van der Waals surface area contributed by atoms with Gasteiger partial charge in [-0.15, -0.1) is 0 Å². The molecule has 1 saturated heterocycles. The van der Waals surface area contributed by atoms with E-state index in [1.807, 2.05) is 44.3 Å². The third-order valence-corrected chi connectivity index (χ3v) is 9.17. The minimum absolute atomic E-state index is 0.000815. The summed E-state index contributed by atoms with van der Waals surface area (Å²) in [6, 6.07) is 10.5. The van der Waals surface area contributed by atoms with Crippen LogP contribution >= 0.6 is 0 Å². The predicted octanol–water partition coefficient (Wildman–Crippen LogP) is 2.65. The fraction of sp³-hybridized carbons (Fsp3) is 0.464. The highest BCUT2D eigenvalue weighted by Crippen LogP contribution is 2.66. The number of carbonyl (C=O) groups is 1. The van der Waals surface area contributed by atoms with E-state index in [4.69, 9.17) is 4.74 Å². The Morgan fingerprint density at radius 3 is 2.86 bits per heavy atom. The summed E-state index contributed by atoms with van der Waals surface area (Å²) < 4.78 is 6.47. The van der Waals surface area contributed by atoms with Crippen LogP contribution in [0.3, 0.4) is 0 Å². The Bertz CT molecular complexity index is 1360. The third-order valence-electron chi connectivity index (χ3n) is 9.17. The van der Waals surface area contributed by atoms with Gasteiger partial charge in [0.15, 0.2) is 11.5 Å². The maximum atomic E-state index is 13.2. The van der Waals surface area contributed by atoms with E-state index in [-0.39, 0.29) is 22.6 Å². The van der Waals surface area contributed by atoms with Gasteiger partial charge in [-0.3, -0.25) is 19.8 Å². The zero-order valence-corrected chi connectivity index (χ0v) is 20.7. The summed E-state index contributed by atoms with van der Waals surface area (Å²) >= 11 is 0. The molecule has 4 aliphatic rings. The molecule has 36 heavy (non-hydrogen) atoms. The number of likely N-dealkylation sites (N-methyl/N-ethyl adjacent to an activating group) is 2. The van der Waals surface area contributed by atoms with Gasteiger partial charge < -0.3 is 14.7 Å². The van der Waals surface area contributed by atoms with Crippen LogP contribution < -0.4 is 4.74 Å². The standard InChI is InChI=1S/C28H29N3O5/c1-17-5-4-6-18(15-17)7-10-23(33)30(3)20-11-12-28(31(34)35)22-16-19-8-9-21(32)25-24(19)27(28,26(20)36-25)13-14-29(22)2/h4-6,8-9,15,20,22,26,32H,11-14,16H2,1-3H3/t20-,22-,26+,27+,28-/m1/s1. The lowest BCUT2D eigenvalue weighted by Gasteiger charge is -2.60. The highest BCUT2D eigenvalue weighted by atomic mass is 16.6. The van der Waals surface area contributed by atoms with E-state index in [9.17, 15) is 20.0 Å². The molecule has 5 atom stereocenters. The summed E-state index contributed by atoms with van der Waals surface area (Å²) in [5.41, 5.74) is 1.43. The summed E-state index contributed by atoms with van der Waals surface area (Å²) in [6.07, 6.45) is 1.19. The molecule has 8 heteroatoms. The molecule has 1 spiro atoms. The Morgan fingerprint density at radius 1 is 1.31 bits per heavy atom. The highest BCUT2D eigenvalue weighted by Gasteiger charge is 2.80. The molecule has 2 aromatic carbocycles. The Balaban J connectivity index is 1.44. The SMILES string of the molecule is Cc1cccc(C#CC(=O)N(C)[C@@H]2CC[C@@]3([N+](=O)[O-])[C@H]4Cc5ccc(O)c6c5[C@@]3(CCN4C)[C@H]2O6)c1. The Kier molecular flexibility index (Phi) is 4.90. The van der Waals surface area contributed by atoms with Crippen molar-refractivity contribution in [1.82, 2.24) is 9.80 Å². The van der Waals surface area contributed by atoms with E-state index in [0.29, 0.717) is 38.0 Å². The number of nitrogens with zero attached hydrogens (tertiary/aromatic N) is 3. The molecule has 1 amide bonds. The van der Waals surface area contributed by atoms with Gasteiger partial charge in [0.1, 0.15) is 11.5 Å². The van der Waals surface area contributed by atoms with Crippen LogP contribution in [0.25, 0.3) is 0 Å². The van der Waals surface area contributed by atoms with E-state index < -0.39 is 23.1 Å². The van der Waals surface area contributed by atoms with Gasteiger partial charge in [-0.25, -0.2) is 0 Å². The van der Waals surface area contributed by atoms with Crippen LogP contribution in [0, 0.1) is 28.9 Å². The number of piperidine rings is 1. The molecule has 0 unspecified atom stereocenters. The number of benzene rings is 2. The second-order valence-corrected chi connectivity index (χ2v) is 10.7. The first-order valence-corrected chi connectivity index (χ1v) is 12.4. The first-order chi connectivity index (χ1) is 17.2. The normalized spacial score (nSPS) is 31.5. The molecule has 1 N–H and O–H groups in total. The van der Waals surface area contributed by atoms with Crippen molar-refractivity contribution in [2.45, 2.75) is 61.7 Å². The third kappa shape index (κ3) is 2.78. The van der Waals surface area contributed by atoms with Crippen molar-refractivity contribution in [3.63, 3.8) is 0 Å². The monoisotopic (exact) mass is 487 g/mol. The van der Waals surface area contributed by atoms with Crippen molar-refractivity contribution in [3.05, 3.63) is 68.8 Å². The maximum absolute atomic E-state index is 13.2. The summed E-state index contributed by atoms with van der Waals surface area (Å²) in [5, 5.41) is 23.7. The van der Waals surface area contributed by atoms with Gasteiger partial charge in [-0.2, -0.15) is 0 Å². The van der Waals surface area contributed by atoms with Crippen molar-refractivity contribution in [2.24, 2.45) is 0 Å². The average molecular weight is 488 g/mol. The Hall–Kier alpha value is -3.57. The number of likely N-dealkylation sites (tertiary alicyclic amines) is 1. The lowest BCUT2D eigenvalue weighted by molar-refractivity contribution is -0.605. The summed E-state index contributed by atoms with van der Waals surface area (Å²) in [5.74, 6) is 5.71. The second-order valence-electron chi connectivity index (χ2n) is 10.7. The summed E-state index contributed by atoms with van der Waals surface area (Å²) in [4.78, 5) is 29.8. The molecule has 6 rings (SSSR count). The lowest BCUT2D eigenvalue weighted by atomic mass is 9.47. The van der Waals surface area contributed by atoms with E-state index in [1.54, 1.807) is 18.0 Å². The van der Waals surface area contributed by atoms with Gasteiger partial charge >= 0.3 is 0 Å². The molecule has 2 fully saturated rings. The first kappa shape index (κ1) is 22.9. The molecule has 186 valence electrons. The zero-order valence-electron chi connectivity index (χ0n) is 20.7. The first-order valence-electron chi connectivity index (χ1n) is 12.4. The quantitative estimate of drug-likeness (QED) is 0.398. The number of hydrogen-bond acceptors (Lipinski definition) is 6. The van der Waals surface area contributed by atoms with Crippen molar-refractivity contribution in [3.8, 4) is 23.3 Å². The highest BCUT2D eigenvalue weighted by molar-refractivity contribution is 5.94. The van der Waals surface area contributed by atoms with Crippen LogP contribution in [-0.2, 0) is 16.6 Å². The fourth-order valence-electron chi connectivity index (χ4n) is 7.59. The number of aryl methyl sites for hydroxylation is 1. The second kappa shape index (κ2) is 7.71. The average Bonchev–Trinajstić information content (AvgIpc) is 3.21. The summed E-state index contributed by atoms with van der Waals surface area (Å²) in [6.45, 7) is 2.66. The van der Waals surface area contributed by atoms with E-state index in [2.05, 4.69) is 16.7 Å². The van der Waals surface area contributed by atoms with Crippen LogP contribution in [0.1, 0.15) is 41.5 Å². The lowest BCUT2D eigenvalue weighted by Crippen LogP contribution is -2.80. The Morgan fingerprint density at radius 2 is 2.11 bits per heavy atom. The van der Waals surface area contributed by atoms with Crippen molar-refractivity contribution in [1.29, 1.82) is 0 Å². The van der Waals surface area contributed by atoms with Crippen molar-refractivity contribution < 1.29 is 19.6 Å². The number of phenols is 1. The molecule has 0 aromatic heterocycles. The predicted molar refractivity (Wildman–Crippen MR) is 133 cm³/mol. The van der Waals surface area contributed by atoms with Crippen LogP contribution in [0.2, 0.25) is 0 Å². The van der Waals surface area contributed by atoms with E-state index in [1.165, 1.54) is 0 Å². The topological polar surface area (TPSA) is 96.2 Å². The van der Waals surface area contributed by atoms with Crippen LogP contribution in [0.4, 0.5) is 0 Å². The molecule has 2 aliphatic heterocycles. The molecular formula is C28H29N3O5. The molecule has 2 aliphatic carbocycles. The maximum Gasteiger partial charge on any atom is 0.298 e. The van der Waals surface area contributed by atoms with E-state index >= 15 is 0 Å². The number of carbonyl (C=O) groups excluding carboxylic acids is 1. The zero-order chi connectivity index (χ0) is 25.4. The van der Waals surface area contributed by atoms with Gasteiger partial charge in [0.2, 0.25) is 0 Å². The molecule has 2 aromatic rings. The van der Waals surface area contributed by atoms with Crippen LogP contribution in [0.15, 0.2) is 36.4 Å². The van der Waals surface area contributed by atoms with Gasteiger partial charge in [0.25, 0.3) is 11.4 Å². The molecule has 2 bridgehead atoms. The van der Waals surface area contributed by atoms with Crippen LogP contribution in [-0.4, -0.2) is 70.1 Å². The molecule has 8 nitrogen and oxygen atoms in total. The number of phenolic OH excluding ortho intramolecular Hbond substituents is 1. The number of rotatable bonds is 2. The van der Waals surface area contributed by atoms with E-state index in [0.717, 1.165) is 22.3 Å². The number of amides is 1. The minimum Gasteiger partial charge on any atom is -0.504 e. The fourth-order valence-corrected chi connectivity index (χ4v) is 7.59. The van der Waals surface area contributed by atoms with Gasteiger partial charge in [-0.05, 0) is 69.1 Å². The van der Waals surface area contributed by atoms with Gasteiger partial charge in [0.05, 0.1) is 12.1 Å². The molecular weight excluding hydrogens is 458 g/mol. The minimum atomic E-state index is -1.25. The molecule has 1 saturated carbocycles. The van der Waals surface area contributed by atoms with Crippen molar-refractivity contribution in [2.75, 3.05) is 20.6 Å². The molecule has 2 heterocycles. The smallest absolute Gasteiger partial charge is 0.298 e. The number of nitro groups is 1. The largest absolute Gasteiger partial charge is 0.504 e. The molecule has 0 radical (unpaired) electrons. The summed E-state index contributed by atoms with van der Waals surface area (Å²) in [7, 11) is 3.67. The van der Waals surface area contributed by atoms with Crippen LogP contribution in [0.5, 0.6) is 11.5 Å². The number of aromatic hydroxyl groups is 1. The van der Waals surface area contributed by atoms with Gasteiger partial charge in [-0.1, -0.05) is 24.1 Å². The number of ether oxygens (including phenoxy) is 1.